The zero-order chi connectivity index (χ0) is 13.8. The number of ether oxygens (including phenoxy) is 1. The molecule has 0 aromatic heterocycles. The van der Waals surface area contributed by atoms with Gasteiger partial charge < -0.3 is 4.74 Å². The monoisotopic (exact) mass is 278 g/mol. The largest absolute Gasteiger partial charge is 0.465 e. The fraction of sp³-hybridized carbons (Fsp3) is 0.909. The number of carbonyl (C=O) groups excluding carboxylic acids is 1. The van der Waals surface area contributed by atoms with E-state index in [4.69, 9.17) is 4.74 Å². The molecule has 106 valence electrons. The van der Waals surface area contributed by atoms with Gasteiger partial charge in [0.2, 0.25) is 0 Å². The average Bonchev–Trinajstić information content (AvgIpc) is 2.28. The number of esters is 1. The summed E-state index contributed by atoms with van der Waals surface area (Å²) in [6.07, 6.45) is 1.90. The topological polar surface area (TPSA) is 75.7 Å². The van der Waals surface area contributed by atoms with Crippen LogP contribution in [0.4, 0.5) is 0 Å². The predicted molar refractivity (Wildman–Crippen MR) is 68.1 cm³/mol. The third-order valence-electron chi connectivity index (χ3n) is 2.93. The van der Waals surface area contributed by atoms with Gasteiger partial charge in [0.05, 0.1) is 6.61 Å². The molecule has 1 N–H and O–H groups in total. The van der Waals surface area contributed by atoms with E-state index in [2.05, 4.69) is 4.72 Å². The SMILES string of the molecule is CCOC(=O)C(C)NS(=O)(=O)N1CCCC(C)C1. The van der Waals surface area contributed by atoms with Crippen molar-refractivity contribution in [3.63, 3.8) is 0 Å². The predicted octanol–water partition coefficient (Wildman–Crippen LogP) is 0.504. The highest BCUT2D eigenvalue weighted by molar-refractivity contribution is 7.87. The molecule has 1 aliphatic heterocycles. The Kier molecular flexibility index (Phi) is 5.55. The van der Waals surface area contributed by atoms with Crippen LogP contribution >= 0.6 is 0 Å². The summed E-state index contributed by atoms with van der Waals surface area (Å²) in [5.74, 6) is -0.195. The van der Waals surface area contributed by atoms with Crippen LogP contribution in [0.5, 0.6) is 0 Å². The number of piperidine rings is 1. The smallest absolute Gasteiger partial charge is 0.323 e. The first-order chi connectivity index (χ1) is 8.36. The molecule has 1 aliphatic rings. The Balaban J connectivity index is 2.61. The van der Waals surface area contributed by atoms with Crippen LogP contribution in [-0.2, 0) is 19.7 Å². The molecule has 0 radical (unpaired) electrons. The standard InChI is InChI=1S/C11H22N2O4S/c1-4-17-11(14)10(3)12-18(15,16)13-7-5-6-9(2)8-13/h9-10,12H,4-8H2,1-3H3. The molecule has 0 amide bonds. The van der Waals surface area contributed by atoms with E-state index in [-0.39, 0.29) is 6.61 Å². The summed E-state index contributed by atoms with van der Waals surface area (Å²) in [5.41, 5.74) is 0. The van der Waals surface area contributed by atoms with Gasteiger partial charge in [0.1, 0.15) is 6.04 Å². The van der Waals surface area contributed by atoms with E-state index in [1.165, 1.54) is 11.2 Å². The van der Waals surface area contributed by atoms with Gasteiger partial charge in [-0.1, -0.05) is 6.92 Å². The van der Waals surface area contributed by atoms with Crippen molar-refractivity contribution in [2.45, 2.75) is 39.7 Å². The lowest BCUT2D eigenvalue weighted by atomic mass is 10.0. The van der Waals surface area contributed by atoms with Crippen molar-refractivity contribution in [1.82, 2.24) is 9.03 Å². The Hall–Kier alpha value is -0.660. The molecule has 0 bridgehead atoms. The molecule has 18 heavy (non-hydrogen) atoms. The molecule has 1 heterocycles. The van der Waals surface area contributed by atoms with E-state index in [0.717, 1.165) is 12.8 Å². The number of hydrogen-bond acceptors (Lipinski definition) is 4. The van der Waals surface area contributed by atoms with Crippen molar-refractivity contribution < 1.29 is 17.9 Å². The van der Waals surface area contributed by atoms with Crippen LogP contribution in [-0.4, -0.2) is 44.4 Å². The highest BCUT2D eigenvalue weighted by Crippen LogP contribution is 2.17. The number of hydrogen-bond donors (Lipinski definition) is 1. The highest BCUT2D eigenvalue weighted by atomic mass is 32.2. The van der Waals surface area contributed by atoms with Crippen molar-refractivity contribution in [2.75, 3.05) is 19.7 Å². The van der Waals surface area contributed by atoms with E-state index in [1.54, 1.807) is 6.92 Å². The molecule has 1 fully saturated rings. The van der Waals surface area contributed by atoms with Gasteiger partial charge in [-0.25, -0.2) is 0 Å². The van der Waals surface area contributed by atoms with Gasteiger partial charge in [0, 0.05) is 13.1 Å². The summed E-state index contributed by atoms with van der Waals surface area (Å²) < 4.78 is 32.6. The molecule has 0 saturated carbocycles. The lowest BCUT2D eigenvalue weighted by Gasteiger charge is -2.30. The maximum Gasteiger partial charge on any atom is 0.323 e. The van der Waals surface area contributed by atoms with Gasteiger partial charge >= 0.3 is 5.97 Å². The minimum Gasteiger partial charge on any atom is -0.465 e. The maximum atomic E-state index is 12.1. The van der Waals surface area contributed by atoms with Crippen molar-refractivity contribution >= 4 is 16.2 Å². The molecule has 0 aromatic carbocycles. The first-order valence-electron chi connectivity index (χ1n) is 6.31. The summed E-state index contributed by atoms with van der Waals surface area (Å²) >= 11 is 0. The third kappa shape index (κ3) is 4.22. The summed E-state index contributed by atoms with van der Waals surface area (Å²) in [4.78, 5) is 11.4. The molecular weight excluding hydrogens is 256 g/mol. The lowest BCUT2D eigenvalue weighted by Crippen LogP contribution is -2.50. The molecule has 1 saturated heterocycles. The number of carbonyl (C=O) groups is 1. The van der Waals surface area contributed by atoms with Crippen LogP contribution < -0.4 is 4.72 Å². The molecule has 0 aromatic rings. The number of rotatable bonds is 5. The van der Waals surface area contributed by atoms with Gasteiger partial charge in [-0.3, -0.25) is 4.79 Å². The van der Waals surface area contributed by atoms with Gasteiger partial charge in [0.25, 0.3) is 10.2 Å². The zero-order valence-corrected chi connectivity index (χ0v) is 12.0. The second-order valence-electron chi connectivity index (χ2n) is 4.70. The Bertz CT molecular complexity index is 383. The Morgan fingerprint density at radius 2 is 2.22 bits per heavy atom. The van der Waals surface area contributed by atoms with Gasteiger partial charge in [-0.15, -0.1) is 0 Å². The van der Waals surface area contributed by atoms with E-state index in [9.17, 15) is 13.2 Å². The summed E-state index contributed by atoms with van der Waals surface area (Å²) in [5, 5.41) is 0. The Labute approximate surface area is 109 Å². The molecule has 6 nitrogen and oxygen atoms in total. The minimum atomic E-state index is -3.60. The van der Waals surface area contributed by atoms with Crippen LogP contribution in [0.1, 0.15) is 33.6 Å². The van der Waals surface area contributed by atoms with Crippen LogP contribution in [0, 0.1) is 5.92 Å². The summed E-state index contributed by atoms with van der Waals surface area (Å²) in [7, 11) is -3.60. The maximum absolute atomic E-state index is 12.1. The van der Waals surface area contributed by atoms with Crippen molar-refractivity contribution in [3.05, 3.63) is 0 Å². The van der Waals surface area contributed by atoms with Gasteiger partial charge in [0.15, 0.2) is 0 Å². The molecule has 2 atom stereocenters. The van der Waals surface area contributed by atoms with E-state index >= 15 is 0 Å². The highest BCUT2D eigenvalue weighted by Gasteiger charge is 2.30. The zero-order valence-electron chi connectivity index (χ0n) is 11.2. The molecule has 1 rings (SSSR count). The van der Waals surface area contributed by atoms with Crippen molar-refractivity contribution in [3.8, 4) is 0 Å². The fourth-order valence-corrected chi connectivity index (χ4v) is 3.49. The first-order valence-corrected chi connectivity index (χ1v) is 7.75. The van der Waals surface area contributed by atoms with Crippen LogP contribution in [0.15, 0.2) is 0 Å². The van der Waals surface area contributed by atoms with Gasteiger partial charge in [-0.2, -0.15) is 17.4 Å². The van der Waals surface area contributed by atoms with Crippen LogP contribution in [0.25, 0.3) is 0 Å². The molecular formula is C11H22N2O4S. The lowest BCUT2D eigenvalue weighted by molar-refractivity contribution is -0.144. The second-order valence-corrected chi connectivity index (χ2v) is 6.40. The normalized spacial score (nSPS) is 23.6. The molecule has 0 spiro atoms. The first kappa shape index (κ1) is 15.4. The Morgan fingerprint density at radius 1 is 1.56 bits per heavy atom. The van der Waals surface area contributed by atoms with E-state index in [0.29, 0.717) is 19.0 Å². The van der Waals surface area contributed by atoms with E-state index in [1.807, 2.05) is 6.92 Å². The average molecular weight is 278 g/mol. The Morgan fingerprint density at radius 3 is 2.78 bits per heavy atom. The van der Waals surface area contributed by atoms with Crippen molar-refractivity contribution in [2.24, 2.45) is 5.92 Å². The fourth-order valence-electron chi connectivity index (χ4n) is 1.98. The molecule has 2 unspecified atom stereocenters. The minimum absolute atomic E-state index is 0.242. The summed E-state index contributed by atoms with van der Waals surface area (Å²) in [6.45, 7) is 6.45. The number of nitrogens with zero attached hydrogens (tertiary/aromatic N) is 1. The molecule has 0 aliphatic carbocycles. The number of nitrogens with one attached hydrogen (secondary N) is 1. The van der Waals surface area contributed by atoms with Gasteiger partial charge in [-0.05, 0) is 32.6 Å². The van der Waals surface area contributed by atoms with E-state index < -0.39 is 22.2 Å². The molecule has 7 heteroatoms. The third-order valence-corrected chi connectivity index (χ3v) is 4.59. The quantitative estimate of drug-likeness (QED) is 0.743. The summed E-state index contributed by atoms with van der Waals surface area (Å²) in [6, 6.07) is -0.854. The van der Waals surface area contributed by atoms with Crippen LogP contribution in [0.3, 0.4) is 0 Å². The van der Waals surface area contributed by atoms with Crippen LogP contribution in [0.2, 0.25) is 0 Å². The van der Waals surface area contributed by atoms with Crippen molar-refractivity contribution in [1.29, 1.82) is 0 Å². The second kappa shape index (κ2) is 6.49.